The van der Waals surface area contributed by atoms with E-state index < -0.39 is 0 Å². The van der Waals surface area contributed by atoms with Crippen molar-refractivity contribution in [2.45, 2.75) is 19.0 Å². The lowest BCUT2D eigenvalue weighted by Crippen LogP contribution is -2.46. The van der Waals surface area contributed by atoms with Crippen molar-refractivity contribution < 1.29 is 19.0 Å². The summed E-state index contributed by atoms with van der Waals surface area (Å²) < 4.78 is 16.2. The van der Waals surface area contributed by atoms with Gasteiger partial charge in [-0.2, -0.15) is 0 Å². The Balaban J connectivity index is 1.39. The third kappa shape index (κ3) is 3.62. The minimum atomic E-state index is -0.223. The Morgan fingerprint density at radius 3 is 2.61 bits per heavy atom. The zero-order chi connectivity index (χ0) is 23.1. The number of H-pyrrole nitrogens is 1. The van der Waals surface area contributed by atoms with E-state index in [9.17, 15) is 4.79 Å². The number of benzene rings is 2. The van der Waals surface area contributed by atoms with Gasteiger partial charge in [-0.1, -0.05) is 18.2 Å². The molecule has 5 rings (SSSR count). The molecule has 172 valence electrons. The van der Waals surface area contributed by atoms with Crippen molar-refractivity contribution in [3.05, 3.63) is 59.3 Å². The molecule has 1 aromatic heterocycles. The van der Waals surface area contributed by atoms with Crippen LogP contribution in [0.4, 0.5) is 0 Å². The molecule has 2 aromatic carbocycles. The Morgan fingerprint density at radius 1 is 1.15 bits per heavy atom. The number of aromatic amines is 1. The Labute approximate surface area is 193 Å². The van der Waals surface area contributed by atoms with Gasteiger partial charge in [0.15, 0.2) is 11.5 Å². The van der Waals surface area contributed by atoms with Crippen LogP contribution in [0.2, 0.25) is 0 Å². The fraction of sp³-hybridized carbons (Fsp3) is 0.346. The van der Waals surface area contributed by atoms with E-state index in [0.717, 1.165) is 17.5 Å². The van der Waals surface area contributed by atoms with Crippen LogP contribution in [0.1, 0.15) is 16.7 Å². The highest BCUT2D eigenvalue weighted by Crippen LogP contribution is 2.41. The SMILES string of the molecule is COc1cc(CNC(=O)C2C=C3c4cccc5[nH]cc(c45)CC3N(C)C2)cc(OC)c1OC. The maximum absolute atomic E-state index is 13.2. The van der Waals surface area contributed by atoms with E-state index in [1.165, 1.54) is 22.1 Å². The largest absolute Gasteiger partial charge is 0.493 e. The number of methoxy groups -OCH3 is 3. The van der Waals surface area contributed by atoms with Crippen molar-refractivity contribution in [1.82, 2.24) is 15.2 Å². The molecule has 1 aliphatic heterocycles. The molecule has 2 aliphatic rings. The van der Waals surface area contributed by atoms with Crippen LogP contribution in [0.3, 0.4) is 0 Å². The number of aromatic nitrogens is 1. The number of hydrogen-bond acceptors (Lipinski definition) is 5. The van der Waals surface area contributed by atoms with Gasteiger partial charge in [-0.15, -0.1) is 0 Å². The highest BCUT2D eigenvalue weighted by atomic mass is 16.5. The molecule has 7 nitrogen and oxygen atoms in total. The second-order valence-corrected chi connectivity index (χ2v) is 8.68. The lowest BCUT2D eigenvalue weighted by atomic mass is 9.80. The molecule has 0 spiro atoms. The van der Waals surface area contributed by atoms with Gasteiger partial charge in [-0.3, -0.25) is 9.69 Å². The summed E-state index contributed by atoms with van der Waals surface area (Å²) in [5.41, 5.74) is 5.86. The molecule has 0 saturated carbocycles. The van der Waals surface area contributed by atoms with Gasteiger partial charge in [0.2, 0.25) is 11.7 Å². The standard InChI is InChI=1S/C26H29N3O4/c1-29-14-17(10-19-18-6-5-7-20-24(18)16(13-27-20)11-21(19)29)26(30)28-12-15-8-22(31-2)25(33-4)23(9-15)32-3/h5-10,13,17,21,27H,11-12,14H2,1-4H3,(H,28,30). The normalized spacial score (nSPS) is 19.6. The van der Waals surface area contributed by atoms with Gasteiger partial charge < -0.3 is 24.5 Å². The Bertz CT molecular complexity index is 1220. The predicted octanol–water partition coefficient (Wildman–Crippen LogP) is 3.38. The summed E-state index contributed by atoms with van der Waals surface area (Å²) >= 11 is 0. The second-order valence-electron chi connectivity index (χ2n) is 8.68. The number of carbonyl (C=O) groups excluding carboxylic acids is 1. The van der Waals surface area contributed by atoms with Crippen LogP contribution < -0.4 is 19.5 Å². The number of fused-ring (bicyclic) bond motifs is 2. The molecule has 0 saturated heterocycles. The Morgan fingerprint density at radius 2 is 1.91 bits per heavy atom. The minimum absolute atomic E-state index is 0.00796. The van der Waals surface area contributed by atoms with Crippen LogP contribution in [0.15, 0.2) is 42.6 Å². The van der Waals surface area contributed by atoms with Crippen LogP contribution >= 0.6 is 0 Å². The Hall–Kier alpha value is -3.45. The van der Waals surface area contributed by atoms with Crippen molar-refractivity contribution in [3.8, 4) is 17.2 Å². The van der Waals surface area contributed by atoms with Crippen molar-refractivity contribution >= 4 is 22.4 Å². The second kappa shape index (κ2) is 8.48. The van der Waals surface area contributed by atoms with E-state index in [1.807, 2.05) is 12.1 Å². The number of amides is 1. The van der Waals surface area contributed by atoms with E-state index in [-0.39, 0.29) is 17.9 Å². The number of rotatable bonds is 6. The molecular weight excluding hydrogens is 418 g/mol. The first kappa shape index (κ1) is 21.4. The molecule has 0 radical (unpaired) electrons. The van der Waals surface area contributed by atoms with Crippen LogP contribution in [-0.4, -0.2) is 56.8 Å². The molecule has 2 heterocycles. The number of nitrogens with zero attached hydrogens (tertiary/aromatic N) is 1. The maximum Gasteiger partial charge on any atom is 0.228 e. The van der Waals surface area contributed by atoms with Crippen molar-refractivity contribution in [3.63, 3.8) is 0 Å². The quantitative estimate of drug-likeness (QED) is 0.606. The molecule has 3 aromatic rings. The summed E-state index contributed by atoms with van der Waals surface area (Å²) in [5, 5.41) is 4.38. The monoisotopic (exact) mass is 447 g/mol. The number of nitrogens with one attached hydrogen (secondary N) is 2. The lowest BCUT2D eigenvalue weighted by Gasteiger charge is -2.39. The lowest BCUT2D eigenvalue weighted by molar-refractivity contribution is -0.124. The highest BCUT2D eigenvalue weighted by molar-refractivity contribution is 5.99. The van der Waals surface area contributed by atoms with Crippen molar-refractivity contribution in [2.75, 3.05) is 34.9 Å². The van der Waals surface area contributed by atoms with Gasteiger partial charge in [-0.05, 0) is 53.9 Å². The predicted molar refractivity (Wildman–Crippen MR) is 128 cm³/mol. The van der Waals surface area contributed by atoms with E-state index in [2.05, 4.69) is 52.7 Å². The number of ether oxygens (including phenoxy) is 3. The average Bonchev–Trinajstić information content (AvgIpc) is 3.26. The zero-order valence-electron chi connectivity index (χ0n) is 19.4. The zero-order valence-corrected chi connectivity index (χ0v) is 19.4. The molecule has 7 heteroatoms. The number of carbonyl (C=O) groups is 1. The van der Waals surface area contributed by atoms with Gasteiger partial charge in [0.1, 0.15) is 0 Å². The molecule has 2 N–H and O–H groups in total. The molecule has 2 atom stereocenters. The molecular formula is C26H29N3O4. The summed E-state index contributed by atoms with van der Waals surface area (Å²) in [6.07, 6.45) is 5.24. The molecule has 2 unspecified atom stereocenters. The molecule has 1 amide bonds. The molecule has 33 heavy (non-hydrogen) atoms. The first-order chi connectivity index (χ1) is 16.0. The fourth-order valence-electron chi connectivity index (χ4n) is 5.17. The Kier molecular flexibility index (Phi) is 5.50. The minimum Gasteiger partial charge on any atom is -0.493 e. The summed E-state index contributed by atoms with van der Waals surface area (Å²) in [5.74, 6) is 1.46. The third-order valence-electron chi connectivity index (χ3n) is 6.80. The average molecular weight is 448 g/mol. The van der Waals surface area contributed by atoms with Crippen LogP contribution in [-0.2, 0) is 17.8 Å². The van der Waals surface area contributed by atoms with E-state index >= 15 is 0 Å². The van der Waals surface area contributed by atoms with Gasteiger partial charge in [0.05, 0.1) is 27.2 Å². The topological polar surface area (TPSA) is 75.8 Å². The van der Waals surface area contributed by atoms with Crippen LogP contribution in [0.25, 0.3) is 16.5 Å². The van der Waals surface area contributed by atoms with E-state index in [1.54, 1.807) is 21.3 Å². The highest BCUT2D eigenvalue weighted by Gasteiger charge is 2.35. The molecule has 0 fully saturated rings. The number of hydrogen-bond donors (Lipinski definition) is 2. The van der Waals surface area contributed by atoms with Gasteiger partial charge in [-0.25, -0.2) is 0 Å². The van der Waals surface area contributed by atoms with Gasteiger partial charge >= 0.3 is 0 Å². The summed E-state index contributed by atoms with van der Waals surface area (Å²) in [6, 6.07) is 10.4. The third-order valence-corrected chi connectivity index (χ3v) is 6.80. The fourth-order valence-corrected chi connectivity index (χ4v) is 5.17. The maximum atomic E-state index is 13.2. The summed E-state index contributed by atoms with van der Waals surface area (Å²) in [6.45, 7) is 1.06. The van der Waals surface area contributed by atoms with E-state index in [4.69, 9.17) is 14.2 Å². The van der Waals surface area contributed by atoms with Gasteiger partial charge in [0.25, 0.3) is 0 Å². The number of likely N-dealkylation sites (N-methyl/N-ethyl adjacent to an activating group) is 1. The van der Waals surface area contributed by atoms with E-state index in [0.29, 0.717) is 30.3 Å². The van der Waals surface area contributed by atoms with Gasteiger partial charge in [0, 0.05) is 36.2 Å². The first-order valence-electron chi connectivity index (χ1n) is 11.1. The van der Waals surface area contributed by atoms with Crippen molar-refractivity contribution in [1.29, 1.82) is 0 Å². The molecule has 1 aliphatic carbocycles. The van der Waals surface area contributed by atoms with Crippen molar-refractivity contribution in [2.24, 2.45) is 5.92 Å². The summed E-state index contributed by atoms with van der Waals surface area (Å²) in [4.78, 5) is 18.9. The van der Waals surface area contributed by atoms with Crippen LogP contribution in [0, 0.1) is 5.92 Å². The first-order valence-corrected chi connectivity index (χ1v) is 11.1. The van der Waals surface area contributed by atoms with Crippen LogP contribution in [0.5, 0.6) is 17.2 Å². The molecule has 0 bridgehead atoms. The summed E-state index contributed by atoms with van der Waals surface area (Å²) in [7, 11) is 6.85. The smallest absolute Gasteiger partial charge is 0.228 e.